The molecule has 0 saturated carbocycles. The number of rotatable bonds is 5. The zero-order valence-electron chi connectivity index (χ0n) is 15.9. The van der Waals surface area contributed by atoms with Crippen LogP contribution in [0.1, 0.15) is 41.8 Å². The van der Waals surface area contributed by atoms with Gasteiger partial charge in [-0.25, -0.2) is 0 Å². The van der Waals surface area contributed by atoms with Crippen molar-refractivity contribution in [1.82, 2.24) is 20.4 Å². The second-order valence-corrected chi connectivity index (χ2v) is 7.52. The number of benzene rings is 1. The Balaban J connectivity index is 1.45. The molecule has 28 heavy (non-hydrogen) atoms. The topological polar surface area (TPSA) is 107 Å². The highest BCUT2D eigenvalue weighted by atomic mass is 16.7. The molecule has 3 heterocycles. The van der Waals surface area contributed by atoms with Gasteiger partial charge in [0.2, 0.25) is 18.6 Å². The summed E-state index contributed by atoms with van der Waals surface area (Å²) in [5, 5.41) is 6.09. The zero-order valence-corrected chi connectivity index (χ0v) is 15.9. The molecule has 1 aromatic heterocycles. The van der Waals surface area contributed by atoms with E-state index in [1.54, 1.807) is 4.90 Å². The summed E-state index contributed by atoms with van der Waals surface area (Å²) in [6.07, 6.45) is 2.06. The minimum Gasteiger partial charge on any atom is -0.454 e. The predicted octanol–water partition coefficient (Wildman–Crippen LogP) is 1.53. The number of ether oxygens (including phenoxy) is 2. The van der Waals surface area contributed by atoms with Crippen molar-refractivity contribution in [1.29, 1.82) is 0 Å². The van der Waals surface area contributed by atoms with Crippen LogP contribution < -0.4 is 14.8 Å². The van der Waals surface area contributed by atoms with Crippen molar-refractivity contribution in [3.8, 4) is 11.5 Å². The molecule has 1 aromatic carbocycles. The standard InChI is InChI=1S/C19H22N4O5/c1-19(8-12-3-4-13-14(7-12)27-11-26-13)6-5-16(24)23(10-19)9-15-21-17(22-28-15)18(25)20-2/h3-4,7H,5-6,8-11H2,1-2H3,(H,20,25)/t19-/m1/s1. The smallest absolute Gasteiger partial charge is 0.292 e. The Bertz CT molecular complexity index is 911. The Labute approximate surface area is 162 Å². The van der Waals surface area contributed by atoms with Crippen LogP contribution in [-0.2, 0) is 17.8 Å². The van der Waals surface area contributed by atoms with Crippen molar-refractivity contribution in [3.05, 3.63) is 35.5 Å². The van der Waals surface area contributed by atoms with Crippen molar-refractivity contribution < 1.29 is 23.6 Å². The molecule has 1 N–H and O–H groups in total. The van der Waals surface area contributed by atoms with Crippen LogP contribution in [-0.4, -0.2) is 47.2 Å². The average Bonchev–Trinajstić information content (AvgIpc) is 3.33. The van der Waals surface area contributed by atoms with Crippen LogP contribution in [0.15, 0.2) is 22.7 Å². The largest absolute Gasteiger partial charge is 0.454 e. The first-order valence-corrected chi connectivity index (χ1v) is 9.17. The third-order valence-corrected chi connectivity index (χ3v) is 5.16. The molecule has 0 spiro atoms. The van der Waals surface area contributed by atoms with Crippen molar-refractivity contribution in [2.45, 2.75) is 32.7 Å². The summed E-state index contributed by atoms with van der Waals surface area (Å²) in [5.74, 6) is 1.36. The predicted molar refractivity (Wildman–Crippen MR) is 96.7 cm³/mol. The van der Waals surface area contributed by atoms with Gasteiger partial charge >= 0.3 is 0 Å². The van der Waals surface area contributed by atoms with Gasteiger partial charge in [-0.1, -0.05) is 18.1 Å². The number of fused-ring (bicyclic) bond motifs is 1. The van der Waals surface area contributed by atoms with Gasteiger partial charge < -0.3 is 24.2 Å². The number of piperidine rings is 1. The van der Waals surface area contributed by atoms with E-state index in [0.717, 1.165) is 29.9 Å². The molecule has 0 unspecified atom stereocenters. The number of nitrogens with zero attached hydrogens (tertiary/aromatic N) is 3. The van der Waals surface area contributed by atoms with Crippen molar-refractivity contribution >= 4 is 11.8 Å². The minimum atomic E-state index is -0.424. The molecular formula is C19H22N4O5. The second kappa shape index (κ2) is 7.14. The quantitative estimate of drug-likeness (QED) is 0.830. The summed E-state index contributed by atoms with van der Waals surface area (Å²) in [5.41, 5.74) is 1.05. The van der Waals surface area contributed by atoms with Crippen LogP contribution in [0.25, 0.3) is 0 Å². The molecule has 1 atom stereocenters. The molecule has 4 rings (SSSR count). The molecule has 0 bridgehead atoms. The Morgan fingerprint density at radius 2 is 2.14 bits per heavy atom. The molecule has 148 valence electrons. The molecule has 9 heteroatoms. The first kappa shape index (κ1) is 18.3. The van der Waals surface area contributed by atoms with Crippen LogP contribution in [0.2, 0.25) is 0 Å². The molecule has 2 aliphatic heterocycles. The fraction of sp³-hybridized carbons (Fsp3) is 0.474. The summed E-state index contributed by atoms with van der Waals surface area (Å²) < 4.78 is 16.0. The second-order valence-electron chi connectivity index (χ2n) is 7.52. The number of nitrogens with one attached hydrogen (secondary N) is 1. The Morgan fingerprint density at radius 1 is 1.32 bits per heavy atom. The normalized spacial score (nSPS) is 21.1. The van der Waals surface area contributed by atoms with Gasteiger partial charge in [0.25, 0.3) is 11.7 Å². The van der Waals surface area contributed by atoms with E-state index in [9.17, 15) is 9.59 Å². The minimum absolute atomic E-state index is 0.0370. The SMILES string of the molecule is CNC(=O)c1noc(CN2C[C@@](C)(Cc3ccc4c(c3)OCO4)CCC2=O)n1. The molecule has 0 aliphatic carbocycles. The highest BCUT2D eigenvalue weighted by Crippen LogP contribution is 2.38. The Kier molecular flexibility index (Phi) is 4.66. The maximum Gasteiger partial charge on any atom is 0.292 e. The van der Waals surface area contributed by atoms with Gasteiger partial charge in [-0.2, -0.15) is 4.98 Å². The molecule has 2 aliphatic rings. The van der Waals surface area contributed by atoms with E-state index < -0.39 is 5.91 Å². The van der Waals surface area contributed by atoms with Gasteiger partial charge in [0, 0.05) is 20.0 Å². The molecule has 0 radical (unpaired) electrons. The van der Waals surface area contributed by atoms with E-state index in [-0.39, 0.29) is 36.4 Å². The summed E-state index contributed by atoms with van der Waals surface area (Å²) in [6, 6.07) is 5.96. The average molecular weight is 386 g/mol. The molecule has 1 saturated heterocycles. The number of hydrogen-bond acceptors (Lipinski definition) is 7. The Morgan fingerprint density at radius 3 is 2.96 bits per heavy atom. The lowest BCUT2D eigenvalue weighted by molar-refractivity contribution is -0.138. The van der Waals surface area contributed by atoms with Crippen molar-refractivity contribution in [2.24, 2.45) is 5.41 Å². The number of amides is 2. The lowest BCUT2D eigenvalue weighted by atomic mass is 9.76. The summed E-state index contributed by atoms with van der Waals surface area (Å²) in [7, 11) is 1.49. The summed E-state index contributed by atoms with van der Waals surface area (Å²) in [6.45, 7) is 3.18. The number of hydrogen-bond donors (Lipinski definition) is 1. The Hall–Kier alpha value is -3.10. The van der Waals surface area contributed by atoms with E-state index in [2.05, 4.69) is 22.4 Å². The summed E-state index contributed by atoms with van der Waals surface area (Å²) in [4.78, 5) is 29.8. The van der Waals surface area contributed by atoms with E-state index >= 15 is 0 Å². The van der Waals surface area contributed by atoms with E-state index in [4.69, 9.17) is 14.0 Å². The van der Waals surface area contributed by atoms with Gasteiger partial charge in [-0.3, -0.25) is 9.59 Å². The van der Waals surface area contributed by atoms with Gasteiger partial charge in [0.15, 0.2) is 11.5 Å². The van der Waals surface area contributed by atoms with Crippen LogP contribution in [0, 0.1) is 5.41 Å². The third-order valence-electron chi connectivity index (χ3n) is 5.16. The lowest BCUT2D eigenvalue weighted by Crippen LogP contribution is -2.45. The molecule has 9 nitrogen and oxygen atoms in total. The monoisotopic (exact) mass is 386 g/mol. The van der Waals surface area contributed by atoms with Gasteiger partial charge in [0.1, 0.15) is 6.54 Å². The third kappa shape index (κ3) is 3.64. The maximum absolute atomic E-state index is 12.4. The first-order valence-electron chi connectivity index (χ1n) is 9.17. The first-order chi connectivity index (χ1) is 13.5. The molecule has 2 amide bonds. The van der Waals surface area contributed by atoms with Crippen molar-refractivity contribution in [2.75, 3.05) is 20.4 Å². The van der Waals surface area contributed by atoms with Gasteiger partial charge in [-0.05, 0) is 36.0 Å². The highest BCUT2D eigenvalue weighted by Gasteiger charge is 2.36. The fourth-order valence-electron chi connectivity index (χ4n) is 3.71. The van der Waals surface area contributed by atoms with Gasteiger partial charge in [0.05, 0.1) is 0 Å². The van der Waals surface area contributed by atoms with Crippen LogP contribution in [0.5, 0.6) is 11.5 Å². The molecule has 1 fully saturated rings. The number of carbonyl (C=O) groups excluding carboxylic acids is 2. The van der Waals surface area contributed by atoms with E-state index in [1.165, 1.54) is 7.05 Å². The maximum atomic E-state index is 12.4. The van der Waals surface area contributed by atoms with Crippen LogP contribution in [0.3, 0.4) is 0 Å². The highest BCUT2D eigenvalue weighted by molar-refractivity contribution is 5.89. The van der Waals surface area contributed by atoms with Gasteiger partial charge in [-0.15, -0.1) is 0 Å². The van der Waals surface area contributed by atoms with Crippen LogP contribution in [0.4, 0.5) is 0 Å². The number of aromatic nitrogens is 2. The molecular weight excluding hydrogens is 364 g/mol. The van der Waals surface area contributed by atoms with Crippen molar-refractivity contribution in [3.63, 3.8) is 0 Å². The number of likely N-dealkylation sites (tertiary alicyclic amines) is 1. The number of carbonyl (C=O) groups is 2. The fourth-order valence-corrected chi connectivity index (χ4v) is 3.71. The van der Waals surface area contributed by atoms with E-state index in [1.807, 2.05) is 18.2 Å². The van der Waals surface area contributed by atoms with Crippen LogP contribution >= 0.6 is 0 Å². The molecule has 2 aromatic rings. The lowest BCUT2D eigenvalue weighted by Gasteiger charge is -2.40. The van der Waals surface area contributed by atoms with E-state index in [0.29, 0.717) is 13.0 Å². The summed E-state index contributed by atoms with van der Waals surface area (Å²) >= 11 is 0. The zero-order chi connectivity index (χ0) is 19.7.